The zero-order valence-corrected chi connectivity index (χ0v) is 11.8. The summed E-state index contributed by atoms with van der Waals surface area (Å²) in [5, 5.41) is 5.97. The van der Waals surface area contributed by atoms with Gasteiger partial charge in [0.15, 0.2) is 0 Å². The molecule has 0 radical (unpaired) electrons. The van der Waals surface area contributed by atoms with Gasteiger partial charge in [0.2, 0.25) is 5.91 Å². The molecule has 1 aliphatic heterocycles. The maximum Gasteiger partial charge on any atom is 0.252 e. The largest absolute Gasteiger partial charge is 0.352 e. The summed E-state index contributed by atoms with van der Waals surface area (Å²) in [6, 6.07) is 5.13. The quantitative estimate of drug-likeness (QED) is 0.891. The number of rotatable bonds is 3. The minimum Gasteiger partial charge on any atom is -0.352 e. The van der Waals surface area contributed by atoms with Crippen molar-refractivity contribution >= 4 is 39.3 Å². The maximum absolute atomic E-state index is 11.9. The van der Waals surface area contributed by atoms with E-state index in [2.05, 4.69) is 26.6 Å². The van der Waals surface area contributed by atoms with Crippen molar-refractivity contribution in [2.45, 2.75) is 18.9 Å². The van der Waals surface area contributed by atoms with Crippen LogP contribution in [-0.4, -0.2) is 24.4 Å². The average Bonchev–Trinajstić information content (AvgIpc) is 2.75. The number of nitrogens with one attached hydrogen (secondary N) is 2. The molecule has 1 unspecified atom stereocenters. The molecule has 0 aliphatic carbocycles. The predicted octanol–water partition coefficient (Wildman–Crippen LogP) is 2.11. The van der Waals surface area contributed by atoms with Crippen molar-refractivity contribution in [1.29, 1.82) is 0 Å². The number of amides is 2. The molecule has 0 bridgehead atoms. The van der Waals surface area contributed by atoms with Crippen LogP contribution in [0.2, 0.25) is 5.02 Å². The second-order valence-electron chi connectivity index (χ2n) is 4.14. The molecule has 18 heavy (non-hydrogen) atoms. The van der Waals surface area contributed by atoms with Gasteiger partial charge in [0, 0.05) is 23.5 Å². The van der Waals surface area contributed by atoms with E-state index in [9.17, 15) is 9.59 Å². The number of hydrogen-bond donors (Lipinski definition) is 2. The highest BCUT2D eigenvalue weighted by Gasteiger charge is 2.21. The first-order valence-electron chi connectivity index (χ1n) is 5.59. The molecule has 1 aromatic carbocycles. The second kappa shape index (κ2) is 5.71. The van der Waals surface area contributed by atoms with E-state index in [0.29, 0.717) is 23.6 Å². The van der Waals surface area contributed by atoms with Crippen molar-refractivity contribution in [3.8, 4) is 0 Å². The molecule has 4 nitrogen and oxygen atoms in total. The van der Waals surface area contributed by atoms with Crippen molar-refractivity contribution in [2.24, 2.45) is 0 Å². The monoisotopic (exact) mass is 330 g/mol. The fourth-order valence-electron chi connectivity index (χ4n) is 1.81. The van der Waals surface area contributed by atoms with Gasteiger partial charge in [-0.15, -0.1) is 0 Å². The summed E-state index contributed by atoms with van der Waals surface area (Å²) in [4.78, 5) is 22.9. The van der Waals surface area contributed by atoms with Crippen LogP contribution in [0.5, 0.6) is 0 Å². The van der Waals surface area contributed by atoms with Crippen molar-refractivity contribution < 1.29 is 9.59 Å². The lowest BCUT2D eigenvalue weighted by molar-refractivity contribution is -0.119. The minimum atomic E-state index is -0.234. The Hall–Kier alpha value is -1.07. The summed E-state index contributed by atoms with van der Waals surface area (Å²) in [6.45, 7) is 0.424. The molecule has 1 aromatic rings. The van der Waals surface area contributed by atoms with Crippen LogP contribution < -0.4 is 10.6 Å². The van der Waals surface area contributed by atoms with Crippen molar-refractivity contribution in [2.75, 3.05) is 6.54 Å². The van der Waals surface area contributed by atoms with Crippen molar-refractivity contribution in [3.63, 3.8) is 0 Å². The molecule has 1 saturated heterocycles. The molecule has 1 fully saturated rings. The highest BCUT2D eigenvalue weighted by atomic mass is 79.9. The predicted molar refractivity (Wildman–Crippen MR) is 72.6 cm³/mol. The van der Waals surface area contributed by atoms with E-state index in [-0.39, 0.29) is 17.9 Å². The summed E-state index contributed by atoms with van der Waals surface area (Å²) in [6.07, 6.45) is 1.28. The van der Waals surface area contributed by atoms with Crippen LogP contribution in [0.1, 0.15) is 23.2 Å². The van der Waals surface area contributed by atoms with Gasteiger partial charge >= 0.3 is 0 Å². The van der Waals surface area contributed by atoms with Crippen LogP contribution in [0, 0.1) is 0 Å². The van der Waals surface area contributed by atoms with Gasteiger partial charge in [-0.3, -0.25) is 9.59 Å². The molecule has 1 aliphatic rings. The lowest BCUT2D eigenvalue weighted by Gasteiger charge is -2.12. The molecule has 0 aromatic heterocycles. The first-order valence-corrected chi connectivity index (χ1v) is 6.76. The number of carbonyl (C=O) groups excluding carboxylic acids is 2. The van der Waals surface area contributed by atoms with Crippen LogP contribution in [0.3, 0.4) is 0 Å². The lowest BCUT2D eigenvalue weighted by atomic mass is 10.2. The molecular weight excluding hydrogens is 320 g/mol. The van der Waals surface area contributed by atoms with E-state index in [0.717, 1.165) is 10.9 Å². The number of carbonyl (C=O) groups is 2. The number of benzene rings is 1. The van der Waals surface area contributed by atoms with E-state index in [1.54, 1.807) is 18.2 Å². The second-order valence-corrected chi connectivity index (χ2v) is 5.46. The Morgan fingerprint density at radius 1 is 1.56 bits per heavy atom. The minimum absolute atomic E-state index is 0.0207. The topological polar surface area (TPSA) is 58.2 Å². The summed E-state index contributed by atoms with van der Waals surface area (Å²) < 4.78 is 0.797. The van der Waals surface area contributed by atoms with Gasteiger partial charge in [-0.25, -0.2) is 0 Å². The Kier molecular flexibility index (Phi) is 4.24. The Bertz CT molecular complexity index is 493. The Labute approximate surface area is 118 Å². The molecule has 2 amide bonds. The van der Waals surface area contributed by atoms with E-state index in [1.165, 1.54) is 0 Å². The molecular formula is C12H12BrClN2O2. The molecule has 6 heteroatoms. The van der Waals surface area contributed by atoms with Gasteiger partial charge in [0.1, 0.15) is 0 Å². The maximum atomic E-state index is 11.9. The van der Waals surface area contributed by atoms with E-state index < -0.39 is 0 Å². The number of halogens is 2. The first-order chi connectivity index (χ1) is 8.56. The molecule has 1 heterocycles. The summed E-state index contributed by atoms with van der Waals surface area (Å²) in [7, 11) is 0. The third kappa shape index (κ3) is 3.23. The number of hydrogen-bond acceptors (Lipinski definition) is 2. The Balaban J connectivity index is 1.95. The van der Waals surface area contributed by atoms with Crippen LogP contribution in [0.4, 0.5) is 0 Å². The third-order valence-electron chi connectivity index (χ3n) is 2.77. The zero-order valence-electron chi connectivity index (χ0n) is 9.50. The average molecular weight is 332 g/mol. The summed E-state index contributed by atoms with van der Waals surface area (Å²) >= 11 is 9.25. The highest BCUT2D eigenvalue weighted by molar-refractivity contribution is 9.10. The third-order valence-corrected chi connectivity index (χ3v) is 3.59. The fraction of sp³-hybridized carbons (Fsp3) is 0.333. The zero-order chi connectivity index (χ0) is 13.1. The van der Waals surface area contributed by atoms with E-state index in [4.69, 9.17) is 11.6 Å². The van der Waals surface area contributed by atoms with Gasteiger partial charge in [-0.1, -0.05) is 27.5 Å². The molecule has 2 rings (SSSR count). The molecule has 2 N–H and O–H groups in total. The van der Waals surface area contributed by atoms with Crippen LogP contribution >= 0.6 is 27.5 Å². The normalized spacial score (nSPS) is 18.6. The SMILES string of the molecule is O=C1CCC(CNC(=O)c2cc(Br)ccc2Cl)N1. The Morgan fingerprint density at radius 2 is 2.33 bits per heavy atom. The molecule has 0 saturated carbocycles. The van der Waals surface area contributed by atoms with Gasteiger partial charge in [-0.2, -0.15) is 0 Å². The van der Waals surface area contributed by atoms with Gasteiger partial charge in [-0.05, 0) is 24.6 Å². The molecule has 96 valence electrons. The van der Waals surface area contributed by atoms with Crippen LogP contribution in [0.15, 0.2) is 22.7 Å². The van der Waals surface area contributed by atoms with Crippen molar-refractivity contribution in [3.05, 3.63) is 33.3 Å². The smallest absolute Gasteiger partial charge is 0.252 e. The van der Waals surface area contributed by atoms with Crippen molar-refractivity contribution in [1.82, 2.24) is 10.6 Å². The van der Waals surface area contributed by atoms with Gasteiger partial charge in [0.05, 0.1) is 10.6 Å². The van der Waals surface area contributed by atoms with Crippen LogP contribution in [-0.2, 0) is 4.79 Å². The highest BCUT2D eigenvalue weighted by Crippen LogP contribution is 2.20. The molecule has 1 atom stereocenters. The standard InChI is InChI=1S/C12H12BrClN2O2/c13-7-1-3-10(14)9(5-7)12(18)15-6-8-2-4-11(17)16-8/h1,3,5,8H,2,4,6H2,(H,15,18)(H,16,17). The summed E-state index contributed by atoms with van der Waals surface area (Å²) in [5.41, 5.74) is 0.426. The van der Waals surface area contributed by atoms with E-state index in [1.807, 2.05) is 0 Å². The molecule has 0 spiro atoms. The lowest BCUT2D eigenvalue weighted by Crippen LogP contribution is -2.38. The summed E-state index contributed by atoms with van der Waals surface area (Å²) in [5.74, 6) is -0.197. The van der Waals surface area contributed by atoms with Crippen LogP contribution in [0.25, 0.3) is 0 Å². The van der Waals surface area contributed by atoms with E-state index >= 15 is 0 Å². The van der Waals surface area contributed by atoms with Gasteiger partial charge < -0.3 is 10.6 Å². The fourth-order valence-corrected chi connectivity index (χ4v) is 2.38. The van der Waals surface area contributed by atoms with Gasteiger partial charge in [0.25, 0.3) is 5.91 Å². The first kappa shape index (κ1) is 13.4. The Morgan fingerprint density at radius 3 is 3.00 bits per heavy atom.